The van der Waals surface area contributed by atoms with Gasteiger partial charge in [-0.15, -0.1) is 0 Å². The van der Waals surface area contributed by atoms with E-state index in [-0.39, 0.29) is 24.4 Å². The lowest BCUT2D eigenvalue weighted by Gasteiger charge is -2.18. The van der Waals surface area contributed by atoms with Gasteiger partial charge in [-0.3, -0.25) is 14.9 Å². The van der Waals surface area contributed by atoms with Crippen molar-refractivity contribution in [1.29, 1.82) is 0 Å². The second-order valence-corrected chi connectivity index (χ2v) is 4.41. The molecule has 0 heterocycles. The Morgan fingerprint density at radius 3 is 2.62 bits per heavy atom. The number of phenols is 1. The molecule has 0 radical (unpaired) electrons. The van der Waals surface area contributed by atoms with Crippen LogP contribution in [0.1, 0.15) is 25.0 Å². The van der Waals surface area contributed by atoms with Crippen LogP contribution in [0.3, 0.4) is 0 Å². The fourth-order valence-electron chi connectivity index (χ4n) is 1.69. The number of hydrogen-bond acceptors (Lipinski definition) is 6. The summed E-state index contributed by atoms with van der Waals surface area (Å²) < 4.78 is 13.4. The molecular formula is C12H15FN2O6. The summed E-state index contributed by atoms with van der Waals surface area (Å²) in [5.41, 5.74) is -1.15. The van der Waals surface area contributed by atoms with Crippen LogP contribution in [0.15, 0.2) is 12.1 Å². The van der Waals surface area contributed by atoms with Crippen LogP contribution in [0.5, 0.6) is 5.75 Å². The number of aromatic hydroxyl groups is 1. The van der Waals surface area contributed by atoms with Gasteiger partial charge in [0, 0.05) is 19.5 Å². The molecule has 1 aromatic carbocycles. The van der Waals surface area contributed by atoms with Crippen molar-refractivity contribution in [2.75, 3.05) is 6.54 Å². The fraction of sp³-hybridized carbons (Fsp3) is 0.417. The smallest absolute Gasteiger partial charge is 0.314 e. The van der Waals surface area contributed by atoms with Crippen LogP contribution < -0.4 is 5.32 Å². The van der Waals surface area contributed by atoms with E-state index < -0.39 is 34.4 Å². The van der Waals surface area contributed by atoms with E-state index in [1.165, 1.54) is 6.92 Å². The molecule has 1 aromatic rings. The Balaban J connectivity index is 2.89. The first-order chi connectivity index (χ1) is 9.73. The molecule has 8 nitrogen and oxygen atoms in total. The molecule has 0 aliphatic carbocycles. The van der Waals surface area contributed by atoms with Gasteiger partial charge in [0.2, 0.25) is 11.7 Å². The van der Waals surface area contributed by atoms with Crippen molar-refractivity contribution in [3.05, 3.63) is 33.6 Å². The third kappa shape index (κ3) is 4.36. The van der Waals surface area contributed by atoms with E-state index >= 15 is 0 Å². The topological polar surface area (TPSA) is 133 Å². The average molecular weight is 302 g/mol. The van der Waals surface area contributed by atoms with Gasteiger partial charge in [0.25, 0.3) is 0 Å². The number of nitrogens with one attached hydrogen (secondary N) is 1. The molecule has 0 aliphatic heterocycles. The van der Waals surface area contributed by atoms with Crippen molar-refractivity contribution in [2.45, 2.75) is 25.6 Å². The zero-order chi connectivity index (χ0) is 16.2. The van der Waals surface area contributed by atoms with E-state index in [1.54, 1.807) is 0 Å². The quantitative estimate of drug-likeness (QED) is 0.443. The summed E-state index contributed by atoms with van der Waals surface area (Å²) in [5, 5.41) is 41.8. The second kappa shape index (κ2) is 6.95. The second-order valence-electron chi connectivity index (χ2n) is 4.41. The Hall–Kier alpha value is -2.26. The number of nitrogens with zero attached hydrogens (tertiary/aromatic N) is 1. The lowest BCUT2D eigenvalue weighted by molar-refractivity contribution is -0.386. The maximum absolute atomic E-state index is 13.4. The minimum absolute atomic E-state index is 0.0307. The van der Waals surface area contributed by atoms with Gasteiger partial charge in [0.1, 0.15) is 6.10 Å². The van der Waals surface area contributed by atoms with E-state index in [0.29, 0.717) is 6.07 Å². The van der Waals surface area contributed by atoms with Crippen LogP contribution in [0.4, 0.5) is 10.1 Å². The number of benzene rings is 1. The van der Waals surface area contributed by atoms with E-state index in [9.17, 15) is 34.6 Å². The van der Waals surface area contributed by atoms with Crippen LogP contribution in [0.2, 0.25) is 0 Å². The monoisotopic (exact) mass is 302 g/mol. The third-order valence-corrected chi connectivity index (χ3v) is 2.78. The van der Waals surface area contributed by atoms with Gasteiger partial charge in [0.15, 0.2) is 5.82 Å². The average Bonchev–Trinajstić information content (AvgIpc) is 2.39. The van der Waals surface area contributed by atoms with Crippen molar-refractivity contribution >= 4 is 11.6 Å². The molecular weight excluding hydrogens is 287 g/mol. The molecule has 4 N–H and O–H groups in total. The summed E-state index contributed by atoms with van der Waals surface area (Å²) in [5.74, 6) is -2.72. The number of carbonyl (C=O) groups excluding carboxylic acids is 1. The van der Waals surface area contributed by atoms with E-state index in [2.05, 4.69) is 5.32 Å². The molecule has 0 aliphatic rings. The molecule has 0 fully saturated rings. The molecule has 116 valence electrons. The fourth-order valence-corrected chi connectivity index (χ4v) is 1.69. The normalized spacial score (nSPS) is 13.5. The highest BCUT2D eigenvalue weighted by Crippen LogP contribution is 2.33. The summed E-state index contributed by atoms with van der Waals surface area (Å²) in [4.78, 5) is 20.3. The van der Waals surface area contributed by atoms with Gasteiger partial charge < -0.3 is 20.6 Å². The molecule has 2 unspecified atom stereocenters. The minimum atomic E-state index is -1.59. The highest BCUT2D eigenvalue weighted by Gasteiger charge is 2.25. The summed E-state index contributed by atoms with van der Waals surface area (Å²) >= 11 is 0. The number of aliphatic hydroxyl groups is 2. The van der Waals surface area contributed by atoms with E-state index in [4.69, 9.17) is 0 Å². The van der Waals surface area contributed by atoms with Crippen LogP contribution in [-0.4, -0.2) is 38.8 Å². The molecule has 21 heavy (non-hydrogen) atoms. The van der Waals surface area contributed by atoms with Crippen LogP contribution in [-0.2, 0) is 4.79 Å². The number of aliphatic hydroxyl groups excluding tert-OH is 2. The van der Waals surface area contributed by atoms with Crippen molar-refractivity contribution in [3.8, 4) is 5.75 Å². The molecule has 0 saturated carbocycles. The largest absolute Gasteiger partial charge is 0.500 e. The highest BCUT2D eigenvalue weighted by molar-refractivity contribution is 5.72. The molecule has 9 heteroatoms. The molecule has 0 aromatic heterocycles. The molecule has 1 amide bonds. The molecule has 0 spiro atoms. The summed E-state index contributed by atoms with van der Waals surface area (Å²) in [6.45, 7) is 1.36. The number of halogens is 1. The first-order valence-electron chi connectivity index (χ1n) is 6.01. The number of rotatable bonds is 6. The SMILES string of the molecule is CC(=O)NCCC(O)C(O)c1cc(F)c(O)c([N+](=O)[O-])c1. The van der Waals surface area contributed by atoms with Gasteiger partial charge in [-0.2, -0.15) is 0 Å². The summed E-state index contributed by atoms with van der Waals surface area (Å²) in [6.07, 6.45) is -2.98. The van der Waals surface area contributed by atoms with Gasteiger partial charge >= 0.3 is 5.69 Å². The highest BCUT2D eigenvalue weighted by atomic mass is 19.1. The Morgan fingerprint density at radius 2 is 2.10 bits per heavy atom. The third-order valence-electron chi connectivity index (χ3n) is 2.78. The van der Waals surface area contributed by atoms with Crippen LogP contribution in [0, 0.1) is 15.9 Å². The first kappa shape index (κ1) is 16.8. The number of hydrogen-bond donors (Lipinski definition) is 4. The van der Waals surface area contributed by atoms with E-state index in [0.717, 1.165) is 6.07 Å². The molecule has 0 bridgehead atoms. The van der Waals surface area contributed by atoms with Crippen molar-refractivity contribution < 1.29 is 29.4 Å². The Labute approximate surface area is 119 Å². The Kier molecular flexibility index (Phi) is 5.56. The van der Waals surface area contributed by atoms with E-state index in [1.807, 2.05) is 0 Å². The maximum Gasteiger partial charge on any atom is 0.314 e. The van der Waals surface area contributed by atoms with Crippen molar-refractivity contribution in [1.82, 2.24) is 5.32 Å². The number of nitro benzene ring substituents is 1. The van der Waals surface area contributed by atoms with Gasteiger partial charge in [-0.1, -0.05) is 0 Å². The number of phenolic OH excluding ortho intramolecular Hbond substituents is 1. The van der Waals surface area contributed by atoms with Gasteiger partial charge in [0.05, 0.1) is 11.0 Å². The lowest BCUT2D eigenvalue weighted by atomic mass is 10.0. The standard InChI is InChI=1S/C12H15FN2O6/c1-6(16)14-3-2-10(17)11(18)7-4-8(13)12(19)9(5-7)15(20)21/h4-5,10-11,17-19H,2-3H2,1H3,(H,14,16). The predicted molar refractivity (Wildman–Crippen MR) is 69.0 cm³/mol. The van der Waals surface area contributed by atoms with Crippen LogP contribution in [0.25, 0.3) is 0 Å². The Bertz CT molecular complexity index is 551. The number of carbonyl (C=O) groups is 1. The van der Waals surface area contributed by atoms with Crippen molar-refractivity contribution in [3.63, 3.8) is 0 Å². The summed E-state index contributed by atoms with van der Waals surface area (Å²) in [7, 11) is 0. The van der Waals surface area contributed by atoms with Crippen molar-refractivity contribution in [2.24, 2.45) is 0 Å². The van der Waals surface area contributed by atoms with Gasteiger partial charge in [-0.25, -0.2) is 4.39 Å². The molecule has 2 atom stereocenters. The lowest BCUT2D eigenvalue weighted by Crippen LogP contribution is -2.27. The number of nitro groups is 1. The first-order valence-corrected chi connectivity index (χ1v) is 6.01. The predicted octanol–water partition coefficient (Wildman–Crippen LogP) is 0.360. The van der Waals surface area contributed by atoms with Gasteiger partial charge in [-0.05, 0) is 18.1 Å². The zero-order valence-electron chi connectivity index (χ0n) is 11.1. The minimum Gasteiger partial charge on any atom is -0.500 e. The number of amides is 1. The molecule has 0 saturated heterocycles. The van der Waals surface area contributed by atoms with Crippen LogP contribution >= 0.6 is 0 Å². The zero-order valence-corrected chi connectivity index (χ0v) is 11.1. The summed E-state index contributed by atoms with van der Waals surface area (Å²) in [6, 6.07) is 1.49. The maximum atomic E-state index is 13.4. The Morgan fingerprint density at radius 1 is 1.48 bits per heavy atom. The molecule has 1 rings (SSSR count).